The van der Waals surface area contributed by atoms with Crippen molar-refractivity contribution in [3.05, 3.63) is 63.6 Å². The number of rotatable bonds is 11. The van der Waals surface area contributed by atoms with Crippen LogP contribution < -0.4 is 10.1 Å². The van der Waals surface area contributed by atoms with E-state index >= 15 is 0 Å². The number of hydrogen-bond donors (Lipinski definition) is 1. The van der Waals surface area contributed by atoms with Gasteiger partial charge in [-0.25, -0.2) is 0 Å². The third-order valence-electron chi connectivity index (χ3n) is 5.64. The third-order valence-corrected chi connectivity index (χ3v) is 6.89. The molecular formula is C26H35BrN2O3. The molecule has 2 aromatic rings. The minimum absolute atomic E-state index is 0.0626. The van der Waals surface area contributed by atoms with E-state index in [0.29, 0.717) is 25.1 Å². The smallest absolute Gasteiger partial charge is 0.261 e. The van der Waals surface area contributed by atoms with Gasteiger partial charge in [-0.3, -0.25) is 9.59 Å². The number of halogens is 1. The Kier molecular flexibility index (Phi) is 10.2. The normalized spacial score (nSPS) is 12.7. The lowest BCUT2D eigenvalue weighted by molar-refractivity contribution is -0.142. The summed E-state index contributed by atoms with van der Waals surface area (Å²) in [6.45, 7) is 10.3. The molecule has 1 N–H and O–H groups in total. The van der Waals surface area contributed by atoms with Crippen LogP contribution in [0.2, 0.25) is 0 Å². The van der Waals surface area contributed by atoms with Gasteiger partial charge in [-0.2, -0.15) is 0 Å². The van der Waals surface area contributed by atoms with E-state index < -0.39 is 6.04 Å². The van der Waals surface area contributed by atoms with Gasteiger partial charge in [-0.1, -0.05) is 60.1 Å². The van der Waals surface area contributed by atoms with Crippen LogP contribution in [0.1, 0.15) is 50.3 Å². The number of hydrogen-bond acceptors (Lipinski definition) is 3. The van der Waals surface area contributed by atoms with Crippen molar-refractivity contribution in [1.29, 1.82) is 0 Å². The summed E-state index contributed by atoms with van der Waals surface area (Å²) in [4.78, 5) is 27.9. The van der Waals surface area contributed by atoms with E-state index in [1.54, 1.807) is 4.90 Å². The van der Waals surface area contributed by atoms with Crippen LogP contribution in [0.4, 0.5) is 0 Å². The summed E-state index contributed by atoms with van der Waals surface area (Å²) in [7, 11) is 0. The van der Waals surface area contributed by atoms with E-state index in [1.807, 2.05) is 77.1 Å². The topological polar surface area (TPSA) is 58.6 Å². The van der Waals surface area contributed by atoms with Gasteiger partial charge in [0.1, 0.15) is 11.8 Å². The van der Waals surface area contributed by atoms with Crippen molar-refractivity contribution >= 4 is 27.7 Å². The van der Waals surface area contributed by atoms with Gasteiger partial charge in [0.25, 0.3) is 5.91 Å². The third kappa shape index (κ3) is 7.37. The quantitative estimate of drug-likeness (QED) is 0.458. The fourth-order valence-electron chi connectivity index (χ4n) is 3.55. The maximum Gasteiger partial charge on any atom is 0.261 e. The Hall–Kier alpha value is -2.34. The molecule has 2 aromatic carbocycles. The zero-order valence-corrected chi connectivity index (χ0v) is 21.4. The van der Waals surface area contributed by atoms with E-state index in [1.165, 1.54) is 0 Å². The van der Waals surface area contributed by atoms with Crippen LogP contribution in [-0.4, -0.2) is 41.9 Å². The van der Waals surface area contributed by atoms with Crippen molar-refractivity contribution in [3.63, 3.8) is 0 Å². The minimum Gasteiger partial charge on any atom is -0.484 e. The first kappa shape index (κ1) is 25.9. The van der Waals surface area contributed by atoms with Crippen molar-refractivity contribution in [2.75, 3.05) is 13.2 Å². The summed E-state index contributed by atoms with van der Waals surface area (Å²) in [5.74, 6) is 0.348. The summed E-state index contributed by atoms with van der Waals surface area (Å²) in [6, 6.07) is 13.4. The monoisotopic (exact) mass is 502 g/mol. The van der Waals surface area contributed by atoms with Gasteiger partial charge in [0.2, 0.25) is 5.91 Å². The molecule has 5 nitrogen and oxygen atoms in total. The molecule has 2 atom stereocenters. The van der Waals surface area contributed by atoms with E-state index in [4.69, 9.17) is 4.74 Å². The van der Waals surface area contributed by atoms with Crippen molar-refractivity contribution in [3.8, 4) is 5.75 Å². The highest BCUT2D eigenvalue weighted by Gasteiger charge is 2.29. The molecule has 0 aromatic heterocycles. The molecule has 0 heterocycles. The van der Waals surface area contributed by atoms with Gasteiger partial charge in [-0.15, -0.1) is 0 Å². The van der Waals surface area contributed by atoms with Gasteiger partial charge in [-0.05, 0) is 68.9 Å². The SMILES string of the molecule is CC[C@@H](C)NC(=O)[C@H](CC)N(CCc1ccccc1)C(=O)COc1cc(C)c(Br)c(C)c1. The van der Waals surface area contributed by atoms with Crippen molar-refractivity contribution in [2.24, 2.45) is 0 Å². The fourth-order valence-corrected chi connectivity index (χ4v) is 3.78. The van der Waals surface area contributed by atoms with E-state index in [-0.39, 0.29) is 24.5 Å². The molecule has 0 unspecified atom stereocenters. The molecule has 0 saturated carbocycles. The Bertz CT molecular complexity index is 878. The summed E-state index contributed by atoms with van der Waals surface area (Å²) in [5, 5.41) is 3.03. The molecule has 0 aliphatic heterocycles. The highest BCUT2D eigenvalue weighted by molar-refractivity contribution is 9.10. The van der Waals surface area contributed by atoms with Crippen LogP contribution in [0, 0.1) is 13.8 Å². The maximum absolute atomic E-state index is 13.2. The van der Waals surface area contributed by atoms with E-state index in [0.717, 1.165) is 27.6 Å². The standard InChI is InChI=1S/C26H35BrN2O3/c1-6-20(5)28-26(31)23(7-2)29(14-13-21-11-9-8-10-12-21)24(30)17-32-22-15-18(3)25(27)19(4)16-22/h8-12,15-16,20,23H,6-7,13-14,17H2,1-5H3,(H,28,31)/t20-,23+/m1/s1. The molecule has 32 heavy (non-hydrogen) atoms. The molecule has 0 aliphatic rings. The Morgan fingerprint density at radius 1 is 1.06 bits per heavy atom. The second kappa shape index (κ2) is 12.6. The first-order chi connectivity index (χ1) is 15.3. The van der Waals surface area contributed by atoms with Crippen LogP contribution in [0.3, 0.4) is 0 Å². The molecule has 0 aliphatic carbocycles. The van der Waals surface area contributed by atoms with Crippen molar-refractivity contribution < 1.29 is 14.3 Å². The average molecular weight is 503 g/mol. The van der Waals surface area contributed by atoms with Crippen molar-refractivity contribution in [1.82, 2.24) is 10.2 Å². The number of ether oxygens (including phenoxy) is 1. The van der Waals surface area contributed by atoms with Gasteiger partial charge < -0.3 is 15.0 Å². The van der Waals surface area contributed by atoms with E-state index in [2.05, 4.69) is 21.2 Å². The number of nitrogens with zero attached hydrogens (tertiary/aromatic N) is 1. The zero-order chi connectivity index (χ0) is 23.7. The number of carbonyl (C=O) groups excluding carboxylic acids is 2. The van der Waals surface area contributed by atoms with Crippen LogP contribution in [0.25, 0.3) is 0 Å². The van der Waals surface area contributed by atoms with Crippen molar-refractivity contribution in [2.45, 2.75) is 66.0 Å². The molecule has 0 saturated heterocycles. The van der Waals surface area contributed by atoms with Gasteiger partial charge in [0.05, 0.1) is 0 Å². The summed E-state index contributed by atoms with van der Waals surface area (Å²) >= 11 is 3.55. The Balaban J connectivity index is 2.17. The largest absolute Gasteiger partial charge is 0.484 e. The second-order valence-electron chi connectivity index (χ2n) is 8.22. The van der Waals surface area contributed by atoms with Crippen LogP contribution >= 0.6 is 15.9 Å². The highest BCUT2D eigenvalue weighted by Crippen LogP contribution is 2.26. The average Bonchev–Trinajstić information content (AvgIpc) is 2.78. The first-order valence-corrected chi connectivity index (χ1v) is 12.1. The number of benzene rings is 2. The van der Waals surface area contributed by atoms with Gasteiger partial charge >= 0.3 is 0 Å². The molecule has 174 valence electrons. The fraction of sp³-hybridized carbons (Fsp3) is 0.462. The molecule has 0 bridgehead atoms. The predicted molar refractivity (Wildman–Crippen MR) is 133 cm³/mol. The molecule has 0 fully saturated rings. The summed E-state index contributed by atoms with van der Waals surface area (Å²) in [5.41, 5.74) is 3.23. The summed E-state index contributed by atoms with van der Waals surface area (Å²) in [6.07, 6.45) is 2.06. The number of carbonyl (C=O) groups is 2. The lowest BCUT2D eigenvalue weighted by Gasteiger charge is -2.31. The van der Waals surface area contributed by atoms with Crippen LogP contribution in [0.5, 0.6) is 5.75 Å². The molecule has 2 amide bonds. The number of nitrogens with one attached hydrogen (secondary N) is 1. The number of aryl methyl sites for hydroxylation is 2. The molecule has 6 heteroatoms. The first-order valence-electron chi connectivity index (χ1n) is 11.3. The van der Waals surface area contributed by atoms with Crippen LogP contribution in [0.15, 0.2) is 46.9 Å². The Labute approximate surface area is 200 Å². The Morgan fingerprint density at radius 2 is 1.69 bits per heavy atom. The molecule has 2 rings (SSSR count). The predicted octanol–water partition coefficient (Wildman–Crippen LogP) is 5.21. The van der Waals surface area contributed by atoms with Gasteiger partial charge in [0, 0.05) is 17.1 Å². The van der Waals surface area contributed by atoms with E-state index in [9.17, 15) is 9.59 Å². The molecular weight excluding hydrogens is 468 g/mol. The highest BCUT2D eigenvalue weighted by atomic mass is 79.9. The number of amides is 2. The minimum atomic E-state index is -0.530. The summed E-state index contributed by atoms with van der Waals surface area (Å²) < 4.78 is 6.89. The lowest BCUT2D eigenvalue weighted by Crippen LogP contribution is -2.52. The van der Waals surface area contributed by atoms with Gasteiger partial charge in [0.15, 0.2) is 6.61 Å². The molecule has 0 radical (unpaired) electrons. The second-order valence-corrected chi connectivity index (χ2v) is 9.02. The molecule has 0 spiro atoms. The zero-order valence-electron chi connectivity index (χ0n) is 19.8. The lowest BCUT2D eigenvalue weighted by atomic mass is 10.1. The maximum atomic E-state index is 13.2. The Morgan fingerprint density at radius 3 is 2.25 bits per heavy atom. The van der Waals surface area contributed by atoms with Crippen LogP contribution in [-0.2, 0) is 16.0 Å².